The Hall–Kier alpha value is -3.61. The number of anilines is 1. The molecule has 1 amide bonds. The Morgan fingerprint density at radius 1 is 0.875 bits per heavy atom. The number of carbonyl (C=O) groups is 2. The van der Waals surface area contributed by atoms with Gasteiger partial charge in [-0.05, 0) is 55.3 Å². The fraction of sp³-hybridized carbons (Fsp3) is 0.200. The second kappa shape index (κ2) is 9.68. The fourth-order valence-corrected chi connectivity index (χ4v) is 3.34. The standard InChI is InChI=1S/C25H22F3NO3/c1-17(2)29(20-8-4-3-5-9-20)23(30)16-32-24(31)22-11-7-6-10-21(22)18-12-14-19(15-13-18)25(26,27)28/h3-15,17H,16H2,1-2H3. The van der Waals surface area contributed by atoms with Crippen LogP contribution < -0.4 is 4.90 Å². The number of esters is 1. The summed E-state index contributed by atoms with van der Waals surface area (Å²) in [6.45, 7) is 3.24. The normalized spacial score (nSPS) is 11.3. The Morgan fingerprint density at radius 3 is 2.06 bits per heavy atom. The van der Waals surface area contributed by atoms with Gasteiger partial charge < -0.3 is 9.64 Å². The van der Waals surface area contributed by atoms with E-state index in [0.29, 0.717) is 16.8 Å². The molecule has 166 valence electrons. The SMILES string of the molecule is CC(C)N(C(=O)COC(=O)c1ccccc1-c1ccc(C(F)(F)F)cc1)c1ccccc1. The van der Waals surface area contributed by atoms with E-state index in [1.807, 2.05) is 32.0 Å². The summed E-state index contributed by atoms with van der Waals surface area (Å²) in [6, 6.07) is 19.8. The summed E-state index contributed by atoms with van der Waals surface area (Å²) in [5.41, 5.74) is 0.929. The lowest BCUT2D eigenvalue weighted by Crippen LogP contribution is -2.39. The summed E-state index contributed by atoms with van der Waals surface area (Å²) >= 11 is 0. The maximum Gasteiger partial charge on any atom is 0.416 e. The van der Waals surface area contributed by atoms with Gasteiger partial charge in [0.2, 0.25) is 0 Å². The van der Waals surface area contributed by atoms with E-state index in [4.69, 9.17) is 4.74 Å². The molecule has 3 aromatic carbocycles. The molecule has 0 aliphatic rings. The molecule has 3 rings (SSSR count). The van der Waals surface area contributed by atoms with Gasteiger partial charge in [-0.25, -0.2) is 4.79 Å². The summed E-state index contributed by atoms with van der Waals surface area (Å²) in [6.07, 6.45) is -4.45. The molecule has 3 aromatic rings. The zero-order valence-electron chi connectivity index (χ0n) is 17.6. The van der Waals surface area contributed by atoms with Gasteiger partial charge in [-0.15, -0.1) is 0 Å². The maximum absolute atomic E-state index is 12.8. The van der Waals surface area contributed by atoms with Gasteiger partial charge in [0, 0.05) is 11.7 Å². The van der Waals surface area contributed by atoms with Gasteiger partial charge in [0.25, 0.3) is 5.91 Å². The van der Waals surface area contributed by atoms with Gasteiger partial charge >= 0.3 is 12.1 Å². The van der Waals surface area contributed by atoms with Crippen LogP contribution >= 0.6 is 0 Å². The smallest absolute Gasteiger partial charge is 0.416 e. The lowest BCUT2D eigenvalue weighted by Gasteiger charge is -2.26. The van der Waals surface area contributed by atoms with Crippen LogP contribution in [0.25, 0.3) is 11.1 Å². The van der Waals surface area contributed by atoms with Crippen LogP contribution in [0.15, 0.2) is 78.9 Å². The quantitative estimate of drug-likeness (QED) is 0.443. The Morgan fingerprint density at radius 2 is 1.47 bits per heavy atom. The molecule has 0 N–H and O–H groups in total. The first-order valence-electron chi connectivity index (χ1n) is 9.99. The summed E-state index contributed by atoms with van der Waals surface area (Å²) < 4.78 is 43.8. The van der Waals surface area contributed by atoms with Gasteiger partial charge in [-0.1, -0.05) is 48.5 Å². The molecule has 0 radical (unpaired) electrons. The number of benzene rings is 3. The average Bonchev–Trinajstić information content (AvgIpc) is 2.77. The summed E-state index contributed by atoms with van der Waals surface area (Å²) in [5, 5.41) is 0. The molecular formula is C25H22F3NO3. The minimum absolute atomic E-state index is 0.150. The number of para-hydroxylation sites is 1. The number of ether oxygens (including phenoxy) is 1. The van der Waals surface area contributed by atoms with E-state index >= 15 is 0 Å². The number of amides is 1. The van der Waals surface area contributed by atoms with Crippen molar-refractivity contribution < 1.29 is 27.5 Å². The van der Waals surface area contributed by atoms with Gasteiger partial charge in [-0.2, -0.15) is 13.2 Å². The van der Waals surface area contributed by atoms with Gasteiger partial charge in [0.1, 0.15) is 0 Å². The van der Waals surface area contributed by atoms with Crippen LogP contribution in [-0.2, 0) is 15.7 Å². The predicted molar refractivity (Wildman–Crippen MR) is 116 cm³/mol. The Kier molecular flexibility index (Phi) is 6.98. The lowest BCUT2D eigenvalue weighted by molar-refractivity contribution is -0.137. The zero-order valence-corrected chi connectivity index (χ0v) is 17.6. The van der Waals surface area contributed by atoms with Gasteiger partial charge in [-0.3, -0.25) is 4.79 Å². The monoisotopic (exact) mass is 441 g/mol. The van der Waals surface area contributed by atoms with E-state index < -0.39 is 24.3 Å². The zero-order chi connectivity index (χ0) is 23.3. The van der Waals surface area contributed by atoms with Crippen molar-refractivity contribution in [1.82, 2.24) is 0 Å². The molecule has 0 aliphatic heterocycles. The molecule has 0 spiro atoms. The third kappa shape index (κ3) is 5.35. The number of alkyl halides is 3. The molecule has 0 atom stereocenters. The largest absolute Gasteiger partial charge is 0.452 e. The second-order valence-electron chi connectivity index (χ2n) is 7.39. The van der Waals surface area contributed by atoms with E-state index in [1.165, 1.54) is 23.1 Å². The molecule has 0 heterocycles. The van der Waals surface area contributed by atoms with Crippen molar-refractivity contribution in [2.45, 2.75) is 26.1 Å². The molecule has 7 heteroatoms. The topological polar surface area (TPSA) is 46.6 Å². The van der Waals surface area contributed by atoms with Crippen molar-refractivity contribution in [2.75, 3.05) is 11.5 Å². The lowest BCUT2D eigenvalue weighted by atomic mass is 9.98. The number of rotatable bonds is 6. The minimum atomic E-state index is -4.45. The minimum Gasteiger partial charge on any atom is -0.452 e. The fourth-order valence-electron chi connectivity index (χ4n) is 3.34. The summed E-state index contributed by atoms with van der Waals surface area (Å²) in [7, 11) is 0. The van der Waals surface area contributed by atoms with Crippen LogP contribution in [0.5, 0.6) is 0 Å². The molecule has 0 aliphatic carbocycles. The third-order valence-electron chi connectivity index (χ3n) is 4.82. The highest BCUT2D eigenvalue weighted by molar-refractivity contribution is 6.00. The van der Waals surface area contributed by atoms with Crippen LogP contribution in [0, 0.1) is 0 Å². The van der Waals surface area contributed by atoms with Crippen molar-refractivity contribution in [3.8, 4) is 11.1 Å². The molecule has 0 bridgehead atoms. The average molecular weight is 441 g/mol. The first kappa shape index (κ1) is 23.1. The molecule has 0 saturated carbocycles. The first-order chi connectivity index (χ1) is 15.2. The van der Waals surface area contributed by atoms with E-state index in [0.717, 1.165) is 12.1 Å². The molecular weight excluding hydrogens is 419 g/mol. The van der Waals surface area contributed by atoms with Crippen LogP contribution in [-0.4, -0.2) is 24.5 Å². The Labute approximate surface area is 184 Å². The Balaban J connectivity index is 1.77. The molecule has 4 nitrogen and oxygen atoms in total. The van der Waals surface area contributed by atoms with E-state index in [2.05, 4.69) is 0 Å². The van der Waals surface area contributed by atoms with Crippen molar-refractivity contribution in [3.05, 3.63) is 90.0 Å². The van der Waals surface area contributed by atoms with E-state index in [-0.39, 0.29) is 17.5 Å². The van der Waals surface area contributed by atoms with Crippen LogP contribution in [0.3, 0.4) is 0 Å². The summed E-state index contributed by atoms with van der Waals surface area (Å²) in [5.74, 6) is -1.11. The summed E-state index contributed by atoms with van der Waals surface area (Å²) in [4.78, 5) is 27.0. The van der Waals surface area contributed by atoms with Gasteiger partial charge in [0.15, 0.2) is 6.61 Å². The van der Waals surface area contributed by atoms with Crippen molar-refractivity contribution in [2.24, 2.45) is 0 Å². The van der Waals surface area contributed by atoms with Crippen molar-refractivity contribution in [1.29, 1.82) is 0 Å². The Bertz CT molecular complexity index is 1080. The number of halogens is 3. The van der Waals surface area contributed by atoms with Crippen LogP contribution in [0.1, 0.15) is 29.8 Å². The second-order valence-corrected chi connectivity index (χ2v) is 7.39. The van der Waals surface area contributed by atoms with Crippen LogP contribution in [0.4, 0.5) is 18.9 Å². The number of nitrogens with zero attached hydrogens (tertiary/aromatic N) is 1. The molecule has 0 fully saturated rings. The van der Waals surface area contributed by atoms with Crippen molar-refractivity contribution in [3.63, 3.8) is 0 Å². The predicted octanol–water partition coefficient (Wildman–Crippen LogP) is 5.97. The maximum atomic E-state index is 12.8. The first-order valence-corrected chi connectivity index (χ1v) is 9.99. The molecule has 32 heavy (non-hydrogen) atoms. The van der Waals surface area contributed by atoms with Crippen molar-refractivity contribution >= 4 is 17.6 Å². The highest BCUT2D eigenvalue weighted by Gasteiger charge is 2.30. The highest BCUT2D eigenvalue weighted by atomic mass is 19.4. The number of carbonyl (C=O) groups excluding carboxylic acids is 2. The number of hydrogen-bond donors (Lipinski definition) is 0. The highest BCUT2D eigenvalue weighted by Crippen LogP contribution is 2.32. The molecule has 0 aromatic heterocycles. The van der Waals surface area contributed by atoms with E-state index in [1.54, 1.807) is 30.3 Å². The molecule has 0 unspecified atom stereocenters. The van der Waals surface area contributed by atoms with Gasteiger partial charge in [0.05, 0.1) is 11.1 Å². The number of hydrogen-bond acceptors (Lipinski definition) is 3. The molecule has 0 saturated heterocycles. The van der Waals surface area contributed by atoms with Crippen LogP contribution in [0.2, 0.25) is 0 Å². The third-order valence-corrected chi connectivity index (χ3v) is 4.82. The van der Waals surface area contributed by atoms with E-state index in [9.17, 15) is 22.8 Å².